The molecule has 0 bridgehead atoms. The zero-order valence-electron chi connectivity index (χ0n) is 12.7. The van der Waals surface area contributed by atoms with Crippen molar-refractivity contribution in [1.29, 1.82) is 0 Å². The summed E-state index contributed by atoms with van der Waals surface area (Å²) in [6.45, 7) is 6.16. The second-order valence-electron chi connectivity index (χ2n) is 5.33. The summed E-state index contributed by atoms with van der Waals surface area (Å²) < 4.78 is 10.2. The summed E-state index contributed by atoms with van der Waals surface area (Å²) in [6, 6.07) is 4.89. The molecule has 0 saturated carbocycles. The molecule has 21 heavy (non-hydrogen) atoms. The van der Waals surface area contributed by atoms with Gasteiger partial charge in [-0.25, -0.2) is 4.79 Å². The molecular formula is C14H21N3O4. The molecule has 0 aliphatic carbocycles. The normalized spacial score (nSPS) is 10.7. The number of ether oxygens (including phenoxy) is 2. The number of methoxy groups -OCH3 is 1. The third-order valence-corrected chi connectivity index (χ3v) is 2.41. The molecule has 7 nitrogen and oxygen atoms in total. The van der Waals surface area contributed by atoms with Gasteiger partial charge in [0.05, 0.1) is 12.8 Å². The Kier molecular flexibility index (Phi) is 5.95. The molecule has 0 saturated heterocycles. The van der Waals surface area contributed by atoms with Crippen LogP contribution in [0, 0.1) is 4.91 Å². The average molecular weight is 295 g/mol. The Morgan fingerprint density at radius 3 is 2.57 bits per heavy atom. The van der Waals surface area contributed by atoms with Crippen molar-refractivity contribution >= 4 is 17.5 Å². The number of nitrogens with one attached hydrogen (secondary N) is 2. The Hall–Kier alpha value is -2.31. The number of nitroso groups, excluding NO2 is 1. The van der Waals surface area contributed by atoms with E-state index in [1.54, 1.807) is 39.0 Å². The van der Waals surface area contributed by atoms with E-state index in [9.17, 15) is 9.70 Å². The average Bonchev–Trinajstić information content (AvgIpc) is 2.41. The monoisotopic (exact) mass is 295 g/mol. The molecule has 1 aromatic carbocycles. The number of benzene rings is 1. The fourth-order valence-corrected chi connectivity index (χ4v) is 1.54. The maximum absolute atomic E-state index is 11.4. The summed E-state index contributed by atoms with van der Waals surface area (Å²) in [5.41, 5.74) is 0.308. The van der Waals surface area contributed by atoms with Crippen molar-refractivity contribution in [2.24, 2.45) is 5.18 Å². The lowest BCUT2D eigenvalue weighted by Crippen LogP contribution is -2.35. The van der Waals surface area contributed by atoms with E-state index in [2.05, 4.69) is 15.8 Å². The van der Waals surface area contributed by atoms with Gasteiger partial charge in [-0.1, -0.05) is 0 Å². The number of carbonyl (C=O) groups excluding carboxylic acids is 1. The highest BCUT2D eigenvalue weighted by molar-refractivity contribution is 5.69. The molecule has 0 aliphatic rings. The van der Waals surface area contributed by atoms with Crippen LogP contribution < -0.4 is 15.4 Å². The Labute approximate surface area is 124 Å². The number of nitrogens with zero attached hydrogens (tertiary/aromatic N) is 1. The number of amides is 1. The van der Waals surface area contributed by atoms with Crippen LogP contribution >= 0.6 is 0 Å². The number of rotatable bonds is 6. The van der Waals surface area contributed by atoms with E-state index < -0.39 is 11.7 Å². The summed E-state index contributed by atoms with van der Waals surface area (Å²) >= 11 is 0. The van der Waals surface area contributed by atoms with Gasteiger partial charge in [0.2, 0.25) is 0 Å². The molecule has 0 aliphatic heterocycles. The molecular weight excluding hydrogens is 274 g/mol. The van der Waals surface area contributed by atoms with Crippen LogP contribution in [0.3, 0.4) is 0 Å². The van der Waals surface area contributed by atoms with Crippen LogP contribution in [0.1, 0.15) is 20.8 Å². The van der Waals surface area contributed by atoms with E-state index in [4.69, 9.17) is 9.47 Å². The lowest BCUT2D eigenvalue weighted by atomic mass is 10.2. The zero-order chi connectivity index (χ0) is 15.9. The number of alkyl carbamates (subject to hydrolysis) is 1. The van der Waals surface area contributed by atoms with Crippen LogP contribution in [0.15, 0.2) is 23.4 Å². The molecule has 0 unspecified atom stereocenters. The van der Waals surface area contributed by atoms with Crippen LogP contribution in [0.2, 0.25) is 0 Å². The predicted molar refractivity (Wildman–Crippen MR) is 81.2 cm³/mol. The molecule has 1 aromatic rings. The van der Waals surface area contributed by atoms with Gasteiger partial charge >= 0.3 is 6.09 Å². The minimum atomic E-state index is -0.529. The van der Waals surface area contributed by atoms with E-state index in [1.807, 2.05) is 0 Å². The van der Waals surface area contributed by atoms with Crippen LogP contribution in [-0.2, 0) is 4.74 Å². The maximum atomic E-state index is 11.4. The first-order valence-electron chi connectivity index (χ1n) is 6.58. The van der Waals surface area contributed by atoms with Gasteiger partial charge in [-0.2, -0.15) is 0 Å². The Bertz CT molecular complexity index is 497. The number of hydrogen-bond acceptors (Lipinski definition) is 6. The highest BCUT2D eigenvalue weighted by Crippen LogP contribution is 2.28. The van der Waals surface area contributed by atoms with E-state index >= 15 is 0 Å². The topological polar surface area (TPSA) is 89.0 Å². The summed E-state index contributed by atoms with van der Waals surface area (Å²) in [6.07, 6.45) is -0.483. The molecule has 0 radical (unpaired) electrons. The van der Waals surface area contributed by atoms with Crippen molar-refractivity contribution in [3.8, 4) is 5.75 Å². The van der Waals surface area contributed by atoms with Crippen LogP contribution in [0.5, 0.6) is 5.75 Å². The zero-order valence-corrected chi connectivity index (χ0v) is 12.7. The molecule has 7 heteroatoms. The summed E-state index contributed by atoms with van der Waals surface area (Å²) in [4.78, 5) is 22.1. The van der Waals surface area contributed by atoms with Crippen molar-refractivity contribution in [3.05, 3.63) is 23.1 Å². The van der Waals surface area contributed by atoms with Gasteiger partial charge < -0.3 is 20.1 Å². The van der Waals surface area contributed by atoms with Crippen molar-refractivity contribution in [1.82, 2.24) is 5.32 Å². The van der Waals surface area contributed by atoms with Crippen molar-refractivity contribution in [2.75, 3.05) is 25.5 Å². The first-order chi connectivity index (χ1) is 9.85. The van der Waals surface area contributed by atoms with E-state index in [0.717, 1.165) is 0 Å². The largest absolute Gasteiger partial charge is 0.497 e. The van der Waals surface area contributed by atoms with Crippen LogP contribution in [0.25, 0.3) is 0 Å². The van der Waals surface area contributed by atoms with E-state index in [1.165, 1.54) is 7.11 Å². The molecule has 0 spiro atoms. The molecule has 0 heterocycles. The SMILES string of the molecule is COc1ccc(N=O)c(NCCNC(=O)OC(C)(C)C)c1. The molecule has 116 valence electrons. The van der Waals surface area contributed by atoms with Gasteiger partial charge in [0.25, 0.3) is 0 Å². The van der Waals surface area contributed by atoms with Crippen LogP contribution in [0.4, 0.5) is 16.2 Å². The fraction of sp³-hybridized carbons (Fsp3) is 0.500. The van der Waals surface area contributed by atoms with Gasteiger partial charge in [0.15, 0.2) is 0 Å². The van der Waals surface area contributed by atoms with Crippen molar-refractivity contribution in [2.45, 2.75) is 26.4 Å². The molecule has 0 atom stereocenters. The third kappa shape index (κ3) is 6.11. The summed E-state index contributed by atoms with van der Waals surface area (Å²) in [7, 11) is 1.54. The van der Waals surface area contributed by atoms with Gasteiger partial charge in [0.1, 0.15) is 17.0 Å². The Morgan fingerprint density at radius 2 is 2.00 bits per heavy atom. The fourth-order valence-electron chi connectivity index (χ4n) is 1.54. The van der Waals surface area contributed by atoms with Gasteiger partial charge in [-0.05, 0) is 38.1 Å². The highest BCUT2D eigenvalue weighted by Gasteiger charge is 2.15. The van der Waals surface area contributed by atoms with Gasteiger partial charge in [-0.3, -0.25) is 0 Å². The summed E-state index contributed by atoms with van der Waals surface area (Å²) in [5.74, 6) is 0.616. The Morgan fingerprint density at radius 1 is 1.29 bits per heavy atom. The number of carbonyl (C=O) groups is 1. The first-order valence-corrected chi connectivity index (χ1v) is 6.58. The quantitative estimate of drug-likeness (QED) is 0.622. The van der Waals surface area contributed by atoms with Gasteiger partial charge in [0, 0.05) is 19.2 Å². The maximum Gasteiger partial charge on any atom is 0.407 e. The lowest BCUT2D eigenvalue weighted by Gasteiger charge is -2.19. The molecule has 0 fully saturated rings. The highest BCUT2D eigenvalue weighted by atomic mass is 16.6. The molecule has 1 rings (SSSR count). The van der Waals surface area contributed by atoms with Crippen molar-refractivity contribution in [3.63, 3.8) is 0 Å². The smallest absolute Gasteiger partial charge is 0.407 e. The van der Waals surface area contributed by atoms with E-state index in [0.29, 0.717) is 24.5 Å². The van der Waals surface area contributed by atoms with Crippen molar-refractivity contribution < 1.29 is 14.3 Å². The number of anilines is 1. The second kappa shape index (κ2) is 7.47. The second-order valence-corrected chi connectivity index (χ2v) is 5.33. The van der Waals surface area contributed by atoms with E-state index in [-0.39, 0.29) is 5.69 Å². The minimum absolute atomic E-state index is 0.285. The standard InChI is InChI=1S/C14H21N3O4/c1-14(2,3)21-13(18)16-8-7-15-12-9-10(20-4)5-6-11(12)17-19/h5-6,9,15H,7-8H2,1-4H3,(H,16,18). The van der Waals surface area contributed by atoms with Gasteiger partial charge in [-0.15, -0.1) is 4.91 Å². The first kappa shape index (κ1) is 16.7. The van der Waals surface area contributed by atoms with Crippen LogP contribution in [-0.4, -0.2) is 31.9 Å². The lowest BCUT2D eigenvalue weighted by molar-refractivity contribution is 0.0530. The molecule has 0 aromatic heterocycles. The summed E-state index contributed by atoms with van der Waals surface area (Å²) in [5, 5.41) is 8.55. The number of hydrogen-bond donors (Lipinski definition) is 2. The molecule has 2 N–H and O–H groups in total. The predicted octanol–water partition coefficient (Wildman–Crippen LogP) is 3.03. The Balaban J connectivity index is 2.45. The third-order valence-electron chi connectivity index (χ3n) is 2.41. The molecule has 1 amide bonds. The minimum Gasteiger partial charge on any atom is -0.497 e.